The van der Waals surface area contributed by atoms with Crippen LogP contribution in [0.3, 0.4) is 0 Å². The van der Waals surface area contributed by atoms with Crippen LogP contribution < -0.4 is 0 Å². The van der Waals surface area contributed by atoms with Crippen LogP contribution in [-0.2, 0) is 4.74 Å². The second-order valence-electron chi connectivity index (χ2n) is 10.4. The predicted octanol–water partition coefficient (Wildman–Crippen LogP) is 4.80. The van der Waals surface area contributed by atoms with Crippen molar-refractivity contribution in [3.63, 3.8) is 0 Å². The molecule has 0 aliphatic heterocycles. The predicted molar refractivity (Wildman–Crippen MR) is 93.1 cm³/mol. The molecular formula is C21H36O2. The molecule has 0 amide bonds. The highest BCUT2D eigenvalue weighted by Gasteiger charge is 2.60. The van der Waals surface area contributed by atoms with Crippen molar-refractivity contribution < 1.29 is 9.84 Å². The largest absolute Gasteiger partial charge is 0.390 e. The molecule has 0 aromatic carbocycles. The topological polar surface area (TPSA) is 29.5 Å². The van der Waals surface area contributed by atoms with Crippen LogP contribution in [0.15, 0.2) is 0 Å². The summed E-state index contributed by atoms with van der Waals surface area (Å²) in [6.07, 6.45) is 12.0. The fraction of sp³-hybridized carbons (Fsp3) is 1.00. The van der Waals surface area contributed by atoms with Gasteiger partial charge >= 0.3 is 0 Å². The van der Waals surface area contributed by atoms with E-state index in [1.807, 2.05) is 7.11 Å². The number of methoxy groups -OCH3 is 1. The molecule has 1 N–H and O–H groups in total. The Hall–Kier alpha value is -0.0800. The monoisotopic (exact) mass is 320 g/mol. The molecule has 0 spiro atoms. The lowest BCUT2D eigenvalue weighted by atomic mass is 9.45. The van der Waals surface area contributed by atoms with Gasteiger partial charge in [-0.3, -0.25) is 0 Å². The van der Waals surface area contributed by atoms with Crippen molar-refractivity contribution in [3.05, 3.63) is 0 Å². The van der Waals surface area contributed by atoms with E-state index in [1.165, 1.54) is 44.9 Å². The summed E-state index contributed by atoms with van der Waals surface area (Å²) >= 11 is 0. The van der Waals surface area contributed by atoms with Crippen molar-refractivity contribution in [3.8, 4) is 0 Å². The molecule has 4 aliphatic rings. The molecule has 2 nitrogen and oxygen atoms in total. The highest BCUT2D eigenvalue weighted by molar-refractivity contribution is 5.10. The van der Waals surface area contributed by atoms with E-state index in [4.69, 9.17) is 4.74 Å². The Bertz CT molecular complexity index is 472. The molecule has 8 atom stereocenters. The maximum Gasteiger partial charge on any atom is 0.0628 e. The van der Waals surface area contributed by atoms with Gasteiger partial charge in [0.05, 0.1) is 11.7 Å². The van der Waals surface area contributed by atoms with Gasteiger partial charge in [-0.05, 0) is 99.2 Å². The number of aliphatic hydroxyl groups is 1. The third kappa shape index (κ3) is 2.42. The van der Waals surface area contributed by atoms with Crippen molar-refractivity contribution in [1.82, 2.24) is 0 Å². The van der Waals surface area contributed by atoms with Crippen molar-refractivity contribution in [1.29, 1.82) is 0 Å². The van der Waals surface area contributed by atoms with E-state index in [0.29, 0.717) is 16.9 Å². The van der Waals surface area contributed by atoms with Crippen LogP contribution in [0.2, 0.25) is 0 Å². The lowest BCUT2D eigenvalue weighted by Gasteiger charge is -2.60. The summed E-state index contributed by atoms with van der Waals surface area (Å²) in [5, 5.41) is 10.7. The minimum absolute atomic E-state index is 0.400. The van der Waals surface area contributed by atoms with E-state index in [9.17, 15) is 5.11 Å². The molecule has 2 heteroatoms. The van der Waals surface area contributed by atoms with Crippen LogP contribution in [-0.4, -0.2) is 23.9 Å². The zero-order chi connectivity index (χ0) is 16.5. The number of ether oxygens (including phenoxy) is 1. The molecule has 0 aromatic heterocycles. The summed E-state index contributed by atoms with van der Waals surface area (Å²) in [6, 6.07) is 0. The van der Waals surface area contributed by atoms with E-state index in [0.717, 1.165) is 36.5 Å². The van der Waals surface area contributed by atoms with E-state index in [1.54, 1.807) is 0 Å². The van der Waals surface area contributed by atoms with Gasteiger partial charge in [-0.1, -0.05) is 13.8 Å². The molecule has 0 radical (unpaired) electrons. The summed E-state index contributed by atoms with van der Waals surface area (Å²) in [5.41, 5.74) is 0.519. The Balaban J connectivity index is 1.59. The maximum absolute atomic E-state index is 10.7. The Kier molecular flexibility index (Phi) is 3.71. The summed E-state index contributed by atoms with van der Waals surface area (Å²) in [6.45, 7) is 7.17. The fourth-order valence-electron chi connectivity index (χ4n) is 7.86. The second kappa shape index (κ2) is 5.21. The number of hydrogen-bond acceptors (Lipinski definition) is 2. The molecule has 0 heterocycles. The molecule has 0 aromatic rings. The van der Waals surface area contributed by atoms with Gasteiger partial charge in [-0.25, -0.2) is 0 Å². The normalized spacial score (nSPS) is 59.1. The van der Waals surface area contributed by atoms with Gasteiger partial charge < -0.3 is 9.84 Å². The number of rotatable bonds is 1. The molecule has 4 saturated carbocycles. The van der Waals surface area contributed by atoms with Crippen molar-refractivity contribution in [2.24, 2.45) is 34.5 Å². The van der Waals surface area contributed by atoms with Crippen LogP contribution in [0.1, 0.15) is 78.6 Å². The third-order valence-electron chi connectivity index (χ3n) is 8.91. The van der Waals surface area contributed by atoms with Crippen molar-refractivity contribution in [2.75, 3.05) is 7.11 Å². The first-order valence-corrected chi connectivity index (χ1v) is 10.0. The molecule has 0 bridgehead atoms. The number of hydrogen-bond donors (Lipinski definition) is 1. The quantitative estimate of drug-likeness (QED) is 0.752. The summed E-state index contributed by atoms with van der Waals surface area (Å²) in [7, 11) is 1.89. The third-order valence-corrected chi connectivity index (χ3v) is 8.91. The molecule has 0 unspecified atom stereocenters. The van der Waals surface area contributed by atoms with E-state index >= 15 is 0 Å². The lowest BCUT2D eigenvalue weighted by molar-refractivity contribution is -0.125. The lowest BCUT2D eigenvalue weighted by Crippen LogP contribution is -2.53. The molecule has 0 saturated heterocycles. The molecule has 4 rings (SSSR count). The summed E-state index contributed by atoms with van der Waals surface area (Å²) < 4.78 is 5.70. The first-order valence-electron chi connectivity index (χ1n) is 10.0. The van der Waals surface area contributed by atoms with Crippen LogP contribution in [0, 0.1) is 34.5 Å². The maximum atomic E-state index is 10.7. The molecular weight excluding hydrogens is 284 g/mol. The molecule has 4 aliphatic carbocycles. The molecule has 4 fully saturated rings. The van der Waals surface area contributed by atoms with E-state index in [2.05, 4.69) is 20.8 Å². The Morgan fingerprint density at radius 1 is 0.957 bits per heavy atom. The van der Waals surface area contributed by atoms with Crippen LogP contribution in [0.4, 0.5) is 0 Å². The van der Waals surface area contributed by atoms with Gasteiger partial charge in [0.2, 0.25) is 0 Å². The average molecular weight is 321 g/mol. The minimum atomic E-state index is -0.417. The average Bonchev–Trinajstić information content (AvgIpc) is 2.75. The van der Waals surface area contributed by atoms with Gasteiger partial charge in [0.25, 0.3) is 0 Å². The van der Waals surface area contributed by atoms with Gasteiger partial charge in [0.1, 0.15) is 0 Å². The second-order valence-corrected chi connectivity index (χ2v) is 10.4. The SMILES string of the molecule is CO[C@H]1CC[C@@]2(C)[C@@H](CC[C@H]3[C@@H]4C[C@](C)(O)C[C@@]4(C)CC[C@@H]32)C1. The molecule has 132 valence electrons. The highest BCUT2D eigenvalue weighted by Crippen LogP contribution is 2.67. The first kappa shape index (κ1) is 16.4. The smallest absolute Gasteiger partial charge is 0.0628 e. The van der Waals surface area contributed by atoms with Gasteiger partial charge in [0, 0.05) is 7.11 Å². The van der Waals surface area contributed by atoms with Gasteiger partial charge in [-0.2, -0.15) is 0 Å². The summed E-state index contributed by atoms with van der Waals surface area (Å²) in [5.74, 6) is 3.39. The first-order chi connectivity index (χ1) is 10.8. The number of fused-ring (bicyclic) bond motifs is 5. The highest BCUT2D eigenvalue weighted by atomic mass is 16.5. The standard InChI is InChI=1S/C21H36O2/c1-19-9-8-17-16(18(19)12-20(2,22)13-19)6-5-14-11-15(23-4)7-10-21(14,17)3/h14-18,22H,5-13H2,1-4H3/t14-,15-,16+,17-,18-,19+,20-,21-/m0/s1. The Labute approximate surface area is 142 Å². The van der Waals surface area contributed by atoms with Crippen LogP contribution in [0.25, 0.3) is 0 Å². The van der Waals surface area contributed by atoms with Crippen molar-refractivity contribution in [2.45, 2.75) is 90.3 Å². The van der Waals surface area contributed by atoms with Crippen molar-refractivity contribution >= 4 is 0 Å². The zero-order valence-electron chi connectivity index (χ0n) is 15.6. The van der Waals surface area contributed by atoms with E-state index in [-0.39, 0.29) is 0 Å². The van der Waals surface area contributed by atoms with Gasteiger partial charge in [-0.15, -0.1) is 0 Å². The van der Waals surface area contributed by atoms with Crippen LogP contribution in [0.5, 0.6) is 0 Å². The minimum Gasteiger partial charge on any atom is -0.390 e. The fourth-order valence-corrected chi connectivity index (χ4v) is 7.86. The Morgan fingerprint density at radius 2 is 1.74 bits per heavy atom. The zero-order valence-corrected chi connectivity index (χ0v) is 15.6. The summed E-state index contributed by atoms with van der Waals surface area (Å²) in [4.78, 5) is 0. The Morgan fingerprint density at radius 3 is 2.48 bits per heavy atom. The molecule has 23 heavy (non-hydrogen) atoms. The van der Waals surface area contributed by atoms with Gasteiger partial charge in [0.15, 0.2) is 0 Å². The van der Waals surface area contributed by atoms with Crippen LogP contribution >= 0.6 is 0 Å². The van der Waals surface area contributed by atoms with E-state index < -0.39 is 5.60 Å².